The highest BCUT2D eigenvalue weighted by atomic mass is 32.2. The van der Waals surface area contributed by atoms with E-state index in [-0.39, 0.29) is 10.5 Å². The number of nitrogens with zero attached hydrogens (tertiary/aromatic N) is 1. The summed E-state index contributed by atoms with van der Waals surface area (Å²) in [6, 6.07) is 6.42. The first kappa shape index (κ1) is 16.9. The van der Waals surface area contributed by atoms with Gasteiger partial charge in [-0.25, -0.2) is 0 Å². The molecule has 0 saturated heterocycles. The van der Waals surface area contributed by atoms with Crippen molar-refractivity contribution < 1.29 is 13.0 Å². The van der Waals surface area contributed by atoms with Crippen LogP contribution >= 0.6 is 12.2 Å². The number of nitrogens with one attached hydrogen (secondary N) is 2. The van der Waals surface area contributed by atoms with Crippen molar-refractivity contribution in [1.29, 1.82) is 0 Å². The Morgan fingerprint density at radius 2 is 1.95 bits per heavy atom. The van der Waals surface area contributed by atoms with Gasteiger partial charge >= 0.3 is 0 Å². The second kappa shape index (κ2) is 7.66. The summed E-state index contributed by atoms with van der Waals surface area (Å²) in [4.78, 5) is -0.188. The number of thiocarbonyl (C=S) groups is 1. The van der Waals surface area contributed by atoms with Gasteiger partial charge in [0.25, 0.3) is 10.1 Å². The predicted molar refractivity (Wildman–Crippen MR) is 89.6 cm³/mol. The van der Waals surface area contributed by atoms with Gasteiger partial charge < -0.3 is 5.32 Å². The van der Waals surface area contributed by atoms with E-state index in [1.54, 1.807) is 12.1 Å². The summed E-state index contributed by atoms with van der Waals surface area (Å²) in [5, 5.41) is 7.53. The van der Waals surface area contributed by atoms with Crippen molar-refractivity contribution in [3.8, 4) is 0 Å². The van der Waals surface area contributed by atoms with Crippen LogP contribution < -0.4 is 10.7 Å². The maximum Gasteiger partial charge on any atom is 0.295 e. The Morgan fingerprint density at radius 3 is 2.64 bits per heavy atom. The second-order valence-electron chi connectivity index (χ2n) is 5.19. The lowest BCUT2D eigenvalue weighted by Crippen LogP contribution is -2.40. The summed E-state index contributed by atoms with van der Waals surface area (Å²) in [6.07, 6.45) is 7.17. The van der Waals surface area contributed by atoms with Crippen LogP contribution in [-0.4, -0.2) is 30.3 Å². The molecule has 0 aliphatic heterocycles. The summed E-state index contributed by atoms with van der Waals surface area (Å²) in [7, 11) is -4.27. The Balaban J connectivity index is 1.94. The van der Waals surface area contributed by atoms with E-state index < -0.39 is 10.1 Å². The van der Waals surface area contributed by atoms with E-state index in [1.807, 2.05) is 0 Å². The summed E-state index contributed by atoms with van der Waals surface area (Å²) < 4.78 is 31.6. The maximum absolute atomic E-state index is 11.2. The molecule has 120 valence electrons. The minimum atomic E-state index is -4.27. The third-order valence-electron chi connectivity index (χ3n) is 3.51. The van der Waals surface area contributed by atoms with Crippen LogP contribution in [-0.2, 0) is 10.1 Å². The quantitative estimate of drug-likeness (QED) is 0.336. The molecule has 8 heteroatoms. The lowest BCUT2D eigenvalue weighted by molar-refractivity contribution is 0.412. The van der Waals surface area contributed by atoms with Crippen molar-refractivity contribution in [2.45, 2.75) is 43.0 Å². The van der Waals surface area contributed by atoms with E-state index in [0.717, 1.165) is 12.8 Å². The van der Waals surface area contributed by atoms with Crippen LogP contribution in [0.15, 0.2) is 34.3 Å². The van der Waals surface area contributed by atoms with Crippen LogP contribution in [0.4, 0.5) is 0 Å². The van der Waals surface area contributed by atoms with Crippen molar-refractivity contribution in [2.24, 2.45) is 5.10 Å². The van der Waals surface area contributed by atoms with Gasteiger partial charge in [-0.2, -0.15) is 13.5 Å². The Morgan fingerprint density at radius 1 is 1.27 bits per heavy atom. The molecule has 1 aliphatic carbocycles. The monoisotopic (exact) mass is 341 g/mol. The molecule has 1 aliphatic rings. The fraction of sp³-hybridized carbons (Fsp3) is 0.429. The van der Waals surface area contributed by atoms with Crippen molar-refractivity contribution in [1.82, 2.24) is 10.7 Å². The fourth-order valence-corrected chi connectivity index (χ4v) is 3.34. The Bertz CT molecular complexity index is 653. The van der Waals surface area contributed by atoms with E-state index in [0.29, 0.717) is 11.2 Å². The van der Waals surface area contributed by atoms with Gasteiger partial charge in [0.2, 0.25) is 0 Å². The minimum Gasteiger partial charge on any atom is -0.359 e. The zero-order valence-corrected chi connectivity index (χ0v) is 13.7. The topological polar surface area (TPSA) is 90.8 Å². The maximum atomic E-state index is 11.2. The molecule has 0 aromatic heterocycles. The molecule has 0 bridgehead atoms. The highest BCUT2D eigenvalue weighted by Crippen LogP contribution is 2.17. The smallest absolute Gasteiger partial charge is 0.295 e. The summed E-state index contributed by atoms with van der Waals surface area (Å²) in [6.45, 7) is 0. The summed E-state index contributed by atoms with van der Waals surface area (Å²) >= 11 is 5.15. The molecule has 1 aromatic carbocycles. The van der Waals surface area contributed by atoms with Gasteiger partial charge in [-0.05, 0) is 31.1 Å². The first-order valence-corrected chi connectivity index (χ1v) is 8.98. The summed E-state index contributed by atoms with van der Waals surface area (Å²) in [5.41, 5.74) is 2.96. The molecule has 0 radical (unpaired) electrons. The van der Waals surface area contributed by atoms with E-state index >= 15 is 0 Å². The molecule has 0 heterocycles. The standard InChI is InChI=1S/C14H19N3O3S2/c18-22(19,20)13-9-5-4-6-11(13)10-15-17-14(21)16-12-7-2-1-3-8-12/h4-6,9-10,12H,1-3,7-8H2,(H2,16,17,21)(H,18,19,20)/b15-10+. The zero-order chi connectivity index (χ0) is 16.0. The molecule has 0 atom stereocenters. The molecule has 2 rings (SSSR count). The van der Waals surface area contributed by atoms with E-state index in [1.165, 1.54) is 37.6 Å². The molecule has 3 N–H and O–H groups in total. The molecule has 6 nitrogen and oxygen atoms in total. The highest BCUT2D eigenvalue weighted by molar-refractivity contribution is 7.86. The second-order valence-corrected chi connectivity index (χ2v) is 6.99. The van der Waals surface area contributed by atoms with Crippen LogP contribution in [0.2, 0.25) is 0 Å². The van der Waals surface area contributed by atoms with Crippen LogP contribution in [0, 0.1) is 0 Å². The first-order valence-electron chi connectivity index (χ1n) is 7.13. The van der Waals surface area contributed by atoms with Gasteiger partial charge in [0.15, 0.2) is 5.11 Å². The van der Waals surface area contributed by atoms with E-state index in [9.17, 15) is 8.42 Å². The van der Waals surface area contributed by atoms with Crippen molar-refractivity contribution in [3.63, 3.8) is 0 Å². The van der Waals surface area contributed by atoms with Crippen molar-refractivity contribution >= 4 is 33.7 Å². The van der Waals surface area contributed by atoms with Crippen molar-refractivity contribution in [3.05, 3.63) is 29.8 Å². The molecular formula is C14H19N3O3S2. The fourth-order valence-electron chi connectivity index (χ4n) is 2.45. The van der Waals surface area contributed by atoms with Gasteiger partial charge in [-0.3, -0.25) is 9.98 Å². The lowest BCUT2D eigenvalue weighted by Gasteiger charge is -2.23. The van der Waals surface area contributed by atoms with Crippen LogP contribution in [0.5, 0.6) is 0 Å². The molecule has 22 heavy (non-hydrogen) atoms. The number of benzene rings is 1. The predicted octanol–water partition coefficient (Wildman–Crippen LogP) is 2.06. The summed E-state index contributed by atoms with van der Waals surface area (Å²) in [5.74, 6) is 0. The molecule has 1 saturated carbocycles. The van der Waals surface area contributed by atoms with E-state index in [4.69, 9.17) is 16.8 Å². The zero-order valence-electron chi connectivity index (χ0n) is 12.0. The van der Waals surface area contributed by atoms with Gasteiger partial charge in [-0.15, -0.1) is 0 Å². The number of hydrazone groups is 1. The van der Waals surface area contributed by atoms with E-state index in [2.05, 4.69) is 15.8 Å². The van der Waals surface area contributed by atoms with Gasteiger partial charge in [0, 0.05) is 11.6 Å². The molecule has 0 amide bonds. The molecule has 0 unspecified atom stereocenters. The van der Waals surface area contributed by atoms with Gasteiger partial charge in [-0.1, -0.05) is 37.5 Å². The lowest BCUT2D eigenvalue weighted by atomic mass is 9.96. The molecule has 1 fully saturated rings. The average molecular weight is 341 g/mol. The molecule has 1 aromatic rings. The largest absolute Gasteiger partial charge is 0.359 e. The third-order valence-corrected chi connectivity index (χ3v) is 4.64. The minimum absolute atomic E-state index is 0.188. The van der Waals surface area contributed by atoms with Gasteiger partial charge in [0.05, 0.1) is 6.21 Å². The Labute approximate surface area is 135 Å². The number of hydrogen-bond acceptors (Lipinski definition) is 4. The SMILES string of the molecule is O=S(=O)(O)c1ccccc1/C=N/NC(=S)NC1CCCCC1. The Hall–Kier alpha value is -1.51. The number of hydrogen-bond donors (Lipinski definition) is 3. The molecule has 0 spiro atoms. The highest BCUT2D eigenvalue weighted by Gasteiger charge is 2.14. The van der Waals surface area contributed by atoms with Crippen LogP contribution in [0.25, 0.3) is 0 Å². The van der Waals surface area contributed by atoms with Crippen molar-refractivity contribution in [2.75, 3.05) is 0 Å². The first-order chi connectivity index (χ1) is 10.5. The average Bonchev–Trinajstić information content (AvgIpc) is 2.48. The van der Waals surface area contributed by atoms with Gasteiger partial charge in [0.1, 0.15) is 4.90 Å². The van der Waals surface area contributed by atoms with Crippen LogP contribution in [0.3, 0.4) is 0 Å². The van der Waals surface area contributed by atoms with Crippen LogP contribution in [0.1, 0.15) is 37.7 Å². The number of rotatable bonds is 4. The Kier molecular flexibility index (Phi) is 5.87. The molecular weight excluding hydrogens is 322 g/mol. The normalized spacial score (nSPS) is 16.6. The third kappa shape index (κ3) is 5.04.